The number of hydrogen-bond donors (Lipinski definition) is 1. The van der Waals surface area contributed by atoms with Crippen molar-refractivity contribution in [2.75, 3.05) is 11.4 Å². The third-order valence-corrected chi connectivity index (χ3v) is 3.95. The smallest absolute Gasteiger partial charge is 0.310 e. The van der Waals surface area contributed by atoms with Crippen molar-refractivity contribution in [3.63, 3.8) is 0 Å². The van der Waals surface area contributed by atoms with Crippen LogP contribution in [0.5, 0.6) is 0 Å². The number of nitrogens with one attached hydrogen (secondary N) is 1. The lowest BCUT2D eigenvalue weighted by Crippen LogP contribution is -2.51. The zero-order valence-corrected chi connectivity index (χ0v) is 11.5. The number of halogens is 3. The molecule has 1 saturated carbocycles. The molecule has 3 rings (SSSR count). The SMILES string of the molecule is O=C1C(NC2CC2)CCCN1c1ccccc1C(F)(F)F. The Hall–Kier alpha value is -1.56. The third-order valence-electron chi connectivity index (χ3n) is 3.95. The van der Waals surface area contributed by atoms with Gasteiger partial charge in [-0.05, 0) is 37.8 Å². The number of carbonyl (C=O) groups is 1. The average Bonchev–Trinajstić information content (AvgIpc) is 3.24. The lowest BCUT2D eigenvalue weighted by Gasteiger charge is -2.34. The zero-order valence-electron chi connectivity index (χ0n) is 11.5. The Morgan fingerprint density at radius 2 is 1.86 bits per heavy atom. The lowest BCUT2D eigenvalue weighted by molar-refractivity contribution is -0.137. The molecule has 1 heterocycles. The number of para-hydroxylation sites is 1. The first kappa shape index (κ1) is 14.4. The summed E-state index contributed by atoms with van der Waals surface area (Å²) in [7, 11) is 0. The quantitative estimate of drug-likeness (QED) is 0.930. The number of nitrogens with zero attached hydrogens (tertiary/aromatic N) is 1. The van der Waals surface area contributed by atoms with Gasteiger partial charge in [0.2, 0.25) is 5.91 Å². The molecule has 1 atom stereocenters. The number of anilines is 1. The first-order valence-corrected chi connectivity index (χ1v) is 7.20. The Bertz CT molecular complexity index is 540. The molecule has 1 saturated heterocycles. The van der Waals surface area contributed by atoms with E-state index in [1.54, 1.807) is 0 Å². The maximum absolute atomic E-state index is 13.1. The summed E-state index contributed by atoms with van der Waals surface area (Å²) in [4.78, 5) is 13.7. The van der Waals surface area contributed by atoms with Crippen LogP contribution >= 0.6 is 0 Å². The molecule has 2 fully saturated rings. The minimum Gasteiger partial charge on any atom is -0.310 e. The van der Waals surface area contributed by atoms with E-state index in [0.29, 0.717) is 25.4 Å². The molecule has 3 nitrogen and oxygen atoms in total. The van der Waals surface area contributed by atoms with Crippen molar-refractivity contribution < 1.29 is 18.0 Å². The number of benzene rings is 1. The molecule has 114 valence electrons. The van der Waals surface area contributed by atoms with Gasteiger partial charge in [0, 0.05) is 12.6 Å². The summed E-state index contributed by atoms with van der Waals surface area (Å²) in [5.74, 6) is -0.246. The molecule has 0 bridgehead atoms. The van der Waals surface area contributed by atoms with E-state index in [0.717, 1.165) is 18.9 Å². The van der Waals surface area contributed by atoms with E-state index in [9.17, 15) is 18.0 Å². The fourth-order valence-electron chi connectivity index (χ4n) is 2.75. The van der Waals surface area contributed by atoms with Gasteiger partial charge in [-0.15, -0.1) is 0 Å². The Kier molecular flexibility index (Phi) is 3.65. The van der Waals surface area contributed by atoms with Crippen LogP contribution in [0.1, 0.15) is 31.2 Å². The van der Waals surface area contributed by atoms with E-state index in [2.05, 4.69) is 5.32 Å². The standard InChI is InChI=1S/C15H17F3N2O/c16-15(17,18)11-4-1-2-6-13(11)20-9-3-5-12(14(20)21)19-10-7-8-10/h1-2,4,6,10,12,19H,3,5,7-9H2. The van der Waals surface area contributed by atoms with Gasteiger partial charge in [0.05, 0.1) is 17.3 Å². The van der Waals surface area contributed by atoms with E-state index < -0.39 is 11.7 Å². The first-order valence-electron chi connectivity index (χ1n) is 7.20. The average molecular weight is 298 g/mol. The number of piperidine rings is 1. The summed E-state index contributed by atoms with van der Waals surface area (Å²) in [5, 5.41) is 3.23. The van der Waals surface area contributed by atoms with Crippen LogP contribution in [0.15, 0.2) is 24.3 Å². The lowest BCUT2D eigenvalue weighted by atomic mass is 10.0. The van der Waals surface area contributed by atoms with Crippen LogP contribution in [0, 0.1) is 0 Å². The van der Waals surface area contributed by atoms with Gasteiger partial charge in [0.1, 0.15) is 0 Å². The van der Waals surface area contributed by atoms with Gasteiger partial charge in [-0.3, -0.25) is 4.79 Å². The minimum atomic E-state index is -4.45. The molecular formula is C15H17F3N2O. The molecule has 0 spiro atoms. The monoisotopic (exact) mass is 298 g/mol. The van der Waals surface area contributed by atoms with Crippen LogP contribution < -0.4 is 10.2 Å². The highest BCUT2D eigenvalue weighted by molar-refractivity contribution is 5.98. The number of rotatable bonds is 3. The molecule has 1 aliphatic carbocycles. The molecule has 1 aliphatic heterocycles. The number of amides is 1. The number of alkyl halides is 3. The van der Waals surface area contributed by atoms with Crippen molar-refractivity contribution >= 4 is 11.6 Å². The van der Waals surface area contributed by atoms with Crippen LogP contribution in [0.2, 0.25) is 0 Å². The van der Waals surface area contributed by atoms with Crippen LogP contribution in [0.25, 0.3) is 0 Å². The Labute approximate surface area is 121 Å². The van der Waals surface area contributed by atoms with E-state index >= 15 is 0 Å². The predicted molar refractivity (Wildman–Crippen MR) is 73.0 cm³/mol. The van der Waals surface area contributed by atoms with Crippen LogP contribution in [-0.4, -0.2) is 24.5 Å². The van der Waals surface area contributed by atoms with Crippen molar-refractivity contribution in [3.05, 3.63) is 29.8 Å². The van der Waals surface area contributed by atoms with E-state index in [4.69, 9.17) is 0 Å². The maximum Gasteiger partial charge on any atom is 0.418 e. The predicted octanol–water partition coefficient (Wildman–Crippen LogP) is 2.95. The second-order valence-electron chi connectivity index (χ2n) is 5.64. The summed E-state index contributed by atoms with van der Waals surface area (Å²) in [5.41, 5.74) is -0.775. The molecule has 21 heavy (non-hydrogen) atoms. The molecule has 1 amide bonds. The summed E-state index contributed by atoms with van der Waals surface area (Å²) in [6.45, 7) is 0.342. The van der Waals surface area contributed by atoms with Gasteiger partial charge < -0.3 is 10.2 Å². The van der Waals surface area contributed by atoms with Crippen molar-refractivity contribution in [1.29, 1.82) is 0 Å². The maximum atomic E-state index is 13.1. The van der Waals surface area contributed by atoms with Gasteiger partial charge >= 0.3 is 6.18 Å². The fourth-order valence-corrected chi connectivity index (χ4v) is 2.75. The summed E-state index contributed by atoms with van der Waals surface area (Å²) < 4.78 is 39.3. The van der Waals surface area contributed by atoms with E-state index in [1.807, 2.05) is 0 Å². The van der Waals surface area contributed by atoms with Gasteiger partial charge in [-0.2, -0.15) is 13.2 Å². The molecule has 1 aromatic carbocycles. The zero-order chi connectivity index (χ0) is 15.0. The van der Waals surface area contributed by atoms with E-state index in [-0.39, 0.29) is 17.6 Å². The second kappa shape index (κ2) is 5.33. The largest absolute Gasteiger partial charge is 0.418 e. The van der Waals surface area contributed by atoms with E-state index in [1.165, 1.54) is 23.1 Å². The van der Waals surface area contributed by atoms with Gasteiger partial charge in [0.25, 0.3) is 0 Å². The van der Waals surface area contributed by atoms with Crippen molar-refractivity contribution in [3.8, 4) is 0 Å². The Balaban J connectivity index is 1.87. The highest BCUT2D eigenvalue weighted by Gasteiger charge is 2.39. The second-order valence-corrected chi connectivity index (χ2v) is 5.64. The Morgan fingerprint density at radius 3 is 2.52 bits per heavy atom. The van der Waals surface area contributed by atoms with Crippen LogP contribution in [-0.2, 0) is 11.0 Å². The molecule has 0 radical (unpaired) electrons. The summed E-state index contributed by atoms with van der Waals surface area (Å²) in [6.07, 6.45) is -0.956. The van der Waals surface area contributed by atoms with Gasteiger partial charge in [-0.1, -0.05) is 12.1 Å². The fraction of sp³-hybridized carbons (Fsp3) is 0.533. The molecule has 2 aliphatic rings. The number of carbonyl (C=O) groups excluding carboxylic acids is 1. The van der Waals surface area contributed by atoms with Crippen molar-refractivity contribution in [2.45, 2.75) is 43.9 Å². The Morgan fingerprint density at radius 1 is 1.14 bits per heavy atom. The van der Waals surface area contributed by atoms with Crippen LogP contribution in [0.3, 0.4) is 0 Å². The van der Waals surface area contributed by atoms with Crippen molar-refractivity contribution in [1.82, 2.24) is 5.32 Å². The molecule has 1 aromatic rings. The number of hydrogen-bond acceptors (Lipinski definition) is 2. The molecule has 1 N–H and O–H groups in total. The minimum absolute atomic E-state index is 0.0303. The molecule has 1 unspecified atom stereocenters. The third kappa shape index (κ3) is 3.05. The van der Waals surface area contributed by atoms with Gasteiger partial charge in [-0.25, -0.2) is 0 Å². The molecular weight excluding hydrogens is 281 g/mol. The first-order chi connectivity index (χ1) is 9.97. The summed E-state index contributed by atoms with van der Waals surface area (Å²) >= 11 is 0. The summed E-state index contributed by atoms with van der Waals surface area (Å²) in [6, 6.07) is 5.29. The van der Waals surface area contributed by atoms with Crippen LogP contribution in [0.4, 0.5) is 18.9 Å². The molecule has 0 aromatic heterocycles. The molecule has 6 heteroatoms. The normalized spacial score (nSPS) is 23.5. The van der Waals surface area contributed by atoms with Gasteiger partial charge in [0.15, 0.2) is 0 Å². The van der Waals surface area contributed by atoms with Crippen molar-refractivity contribution in [2.24, 2.45) is 0 Å². The highest BCUT2D eigenvalue weighted by Crippen LogP contribution is 2.37. The highest BCUT2D eigenvalue weighted by atomic mass is 19.4. The topological polar surface area (TPSA) is 32.3 Å².